The van der Waals surface area contributed by atoms with Gasteiger partial charge >= 0.3 is 6.03 Å². The predicted molar refractivity (Wildman–Crippen MR) is 120 cm³/mol. The number of rotatable bonds is 4. The number of nitrogens with one attached hydrogen (secondary N) is 2. The molecule has 168 valence electrons. The lowest BCUT2D eigenvalue weighted by atomic mass is 9.86. The van der Waals surface area contributed by atoms with Crippen molar-refractivity contribution in [3.8, 4) is 5.75 Å². The largest absolute Gasteiger partial charge is 0.497 e. The number of carbonyl (C=O) groups is 3. The minimum Gasteiger partial charge on any atom is -0.497 e. The Labute approximate surface area is 187 Å². The summed E-state index contributed by atoms with van der Waals surface area (Å²) >= 11 is 0. The third-order valence-corrected chi connectivity index (χ3v) is 6.04. The fraction of sp³-hybridized carbons (Fsp3) is 0.375. The van der Waals surface area contributed by atoms with Crippen LogP contribution in [0.15, 0.2) is 54.6 Å². The van der Waals surface area contributed by atoms with Gasteiger partial charge in [0.1, 0.15) is 5.75 Å². The molecule has 2 aromatic rings. The predicted octanol–water partition coefficient (Wildman–Crippen LogP) is 2.12. The number of methoxy groups -OCH3 is 1. The molecule has 2 saturated heterocycles. The highest BCUT2D eigenvalue weighted by Gasteiger charge is 2.44. The average molecular weight is 437 g/mol. The van der Waals surface area contributed by atoms with Crippen LogP contribution in [0.3, 0.4) is 0 Å². The van der Waals surface area contributed by atoms with E-state index in [0.29, 0.717) is 50.6 Å². The van der Waals surface area contributed by atoms with Gasteiger partial charge in [-0.1, -0.05) is 30.3 Å². The monoisotopic (exact) mass is 436 g/mol. The van der Waals surface area contributed by atoms with E-state index < -0.39 is 5.41 Å². The molecular formula is C24H28N4O4. The van der Waals surface area contributed by atoms with Crippen molar-refractivity contribution >= 4 is 23.5 Å². The SMILES string of the molecule is COc1cccc(CC(=O)N2CCN(C(=O)Nc3ccccc3)CC3(CNC(=O)C3)C2)c1. The van der Waals surface area contributed by atoms with Gasteiger partial charge in [-0.25, -0.2) is 4.79 Å². The second-order valence-electron chi connectivity index (χ2n) is 8.51. The Morgan fingerprint density at radius 1 is 1.06 bits per heavy atom. The number of hydrogen-bond donors (Lipinski definition) is 2. The third-order valence-electron chi connectivity index (χ3n) is 6.04. The summed E-state index contributed by atoms with van der Waals surface area (Å²) in [6, 6.07) is 16.5. The summed E-state index contributed by atoms with van der Waals surface area (Å²) in [5, 5.41) is 5.81. The van der Waals surface area contributed by atoms with Gasteiger partial charge < -0.3 is 25.2 Å². The lowest BCUT2D eigenvalue weighted by Crippen LogP contribution is -2.46. The van der Waals surface area contributed by atoms with Gasteiger partial charge in [0.25, 0.3) is 0 Å². The van der Waals surface area contributed by atoms with Crippen LogP contribution in [-0.2, 0) is 16.0 Å². The zero-order valence-electron chi connectivity index (χ0n) is 18.2. The third kappa shape index (κ3) is 5.01. The summed E-state index contributed by atoms with van der Waals surface area (Å²) in [7, 11) is 1.60. The van der Waals surface area contributed by atoms with Crippen molar-refractivity contribution in [2.75, 3.05) is 45.2 Å². The number of nitrogens with zero attached hydrogens (tertiary/aromatic N) is 2. The minimum atomic E-state index is -0.494. The first-order valence-electron chi connectivity index (χ1n) is 10.7. The van der Waals surface area contributed by atoms with Crippen molar-refractivity contribution in [3.05, 3.63) is 60.2 Å². The van der Waals surface area contributed by atoms with Crippen LogP contribution in [0.1, 0.15) is 12.0 Å². The highest BCUT2D eigenvalue weighted by atomic mass is 16.5. The molecule has 4 amide bonds. The molecule has 0 aliphatic carbocycles. The number of para-hydroxylation sites is 1. The standard InChI is InChI=1S/C24H28N4O4/c1-32-20-9-5-6-18(12-20)13-22(30)27-10-11-28(17-24(16-27)14-21(29)25-15-24)23(31)26-19-7-3-2-4-8-19/h2-9,12H,10-11,13-17H2,1H3,(H,25,29)(H,26,31). The normalized spacial score (nSPS) is 20.6. The van der Waals surface area contributed by atoms with Gasteiger partial charge in [-0.3, -0.25) is 9.59 Å². The highest BCUT2D eigenvalue weighted by molar-refractivity contribution is 5.89. The van der Waals surface area contributed by atoms with Gasteiger partial charge in [0.15, 0.2) is 0 Å². The first-order valence-corrected chi connectivity index (χ1v) is 10.7. The molecular weight excluding hydrogens is 408 g/mol. The molecule has 8 nitrogen and oxygen atoms in total. The maximum atomic E-state index is 13.2. The molecule has 8 heteroatoms. The molecule has 0 aromatic heterocycles. The van der Waals surface area contributed by atoms with Crippen LogP contribution in [-0.4, -0.2) is 67.5 Å². The van der Waals surface area contributed by atoms with Crippen LogP contribution in [0.25, 0.3) is 0 Å². The zero-order valence-corrected chi connectivity index (χ0v) is 18.2. The molecule has 0 saturated carbocycles. The fourth-order valence-corrected chi connectivity index (χ4v) is 4.41. The van der Waals surface area contributed by atoms with Gasteiger partial charge in [-0.2, -0.15) is 0 Å². The lowest BCUT2D eigenvalue weighted by molar-refractivity contribution is -0.131. The van der Waals surface area contributed by atoms with Crippen LogP contribution in [0, 0.1) is 5.41 Å². The first-order chi connectivity index (χ1) is 15.5. The van der Waals surface area contributed by atoms with E-state index >= 15 is 0 Å². The molecule has 2 fully saturated rings. The Bertz CT molecular complexity index is 997. The zero-order chi connectivity index (χ0) is 22.6. The molecule has 1 unspecified atom stereocenters. The van der Waals surface area contributed by atoms with E-state index in [2.05, 4.69) is 10.6 Å². The van der Waals surface area contributed by atoms with E-state index in [0.717, 1.165) is 5.56 Å². The summed E-state index contributed by atoms with van der Waals surface area (Å²) in [5.41, 5.74) is 1.08. The van der Waals surface area contributed by atoms with Crippen LogP contribution < -0.4 is 15.4 Å². The highest BCUT2D eigenvalue weighted by Crippen LogP contribution is 2.31. The number of anilines is 1. The molecule has 4 rings (SSSR count). The fourth-order valence-electron chi connectivity index (χ4n) is 4.41. The molecule has 2 N–H and O–H groups in total. The van der Waals surface area contributed by atoms with Crippen LogP contribution in [0.4, 0.5) is 10.5 Å². The number of urea groups is 1. The number of amides is 4. The van der Waals surface area contributed by atoms with Gasteiger partial charge in [-0.05, 0) is 29.8 Å². The smallest absolute Gasteiger partial charge is 0.321 e. The Morgan fingerprint density at radius 2 is 1.81 bits per heavy atom. The summed E-state index contributed by atoms with van der Waals surface area (Å²) in [6.45, 7) is 2.11. The van der Waals surface area contributed by atoms with Crippen molar-refractivity contribution in [1.29, 1.82) is 0 Å². The number of hydrogen-bond acceptors (Lipinski definition) is 4. The van der Waals surface area contributed by atoms with Crippen LogP contribution in [0.5, 0.6) is 5.75 Å². The van der Waals surface area contributed by atoms with E-state index in [1.807, 2.05) is 54.6 Å². The van der Waals surface area contributed by atoms with E-state index in [-0.39, 0.29) is 24.3 Å². The topological polar surface area (TPSA) is 91.0 Å². The molecule has 1 atom stereocenters. The minimum absolute atomic E-state index is 0.0257. The Balaban J connectivity index is 1.49. The molecule has 1 spiro atoms. The van der Waals surface area contributed by atoms with E-state index in [4.69, 9.17) is 4.74 Å². The summed E-state index contributed by atoms with van der Waals surface area (Å²) in [5.74, 6) is 0.634. The van der Waals surface area contributed by atoms with Crippen molar-refractivity contribution in [2.45, 2.75) is 12.8 Å². The number of carbonyl (C=O) groups excluding carboxylic acids is 3. The molecule has 2 aliphatic rings. The number of ether oxygens (including phenoxy) is 1. The summed E-state index contributed by atoms with van der Waals surface area (Å²) < 4.78 is 5.26. The van der Waals surface area contributed by atoms with Crippen LogP contribution >= 0.6 is 0 Å². The van der Waals surface area contributed by atoms with Gasteiger partial charge in [0.2, 0.25) is 11.8 Å². The molecule has 0 radical (unpaired) electrons. The Morgan fingerprint density at radius 3 is 2.53 bits per heavy atom. The lowest BCUT2D eigenvalue weighted by Gasteiger charge is -2.32. The van der Waals surface area contributed by atoms with Crippen molar-refractivity contribution < 1.29 is 19.1 Å². The number of benzene rings is 2. The summed E-state index contributed by atoms with van der Waals surface area (Å²) in [4.78, 5) is 41.7. The van der Waals surface area contributed by atoms with Crippen LogP contribution in [0.2, 0.25) is 0 Å². The maximum Gasteiger partial charge on any atom is 0.321 e. The van der Waals surface area contributed by atoms with Crippen molar-refractivity contribution in [3.63, 3.8) is 0 Å². The molecule has 2 aromatic carbocycles. The van der Waals surface area contributed by atoms with E-state index in [1.165, 1.54) is 0 Å². The van der Waals surface area contributed by atoms with Gasteiger partial charge in [-0.15, -0.1) is 0 Å². The van der Waals surface area contributed by atoms with Crippen molar-refractivity contribution in [2.24, 2.45) is 5.41 Å². The molecule has 0 bridgehead atoms. The second-order valence-corrected chi connectivity index (χ2v) is 8.51. The molecule has 2 aliphatic heterocycles. The maximum absolute atomic E-state index is 13.2. The average Bonchev–Trinajstić information content (AvgIpc) is 3.04. The molecule has 2 heterocycles. The quantitative estimate of drug-likeness (QED) is 0.768. The van der Waals surface area contributed by atoms with Gasteiger partial charge in [0, 0.05) is 50.2 Å². The van der Waals surface area contributed by atoms with Gasteiger partial charge in [0.05, 0.1) is 13.5 Å². The summed E-state index contributed by atoms with van der Waals surface area (Å²) in [6.07, 6.45) is 0.538. The Hall–Kier alpha value is -3.55. The van der Waals surface area contributed by atoms with E-state index in [9.17, 15) is 14.4 Å². The first kappa shape index (κ1) is 21.7. The second kappa shape index (κ2) is 9.30. The Kier molecular flexibility index (Phi) is 6.30. The molecule has 32 heavy (non-hydrogen) atoms. The van der Waals surface area contributed by atoms with E-state index in [1.54, 1.807) is 16.9 Å². The van der Waals surface area contributed by atoms with Crippen molar-refractivity contribution in [1.82, 2.24) is 15.1 Å².